The van der Waals surface area contributed by atoms with Crippen molar-refractivity contribution in [1.29, 1.82) is 0 Å². The summed E-state index contributed by atoms with van der Waals surface area (Å²) in [5.74, 6) is -1.60. The number of carbonyl (C=O) groups excluding carboxylic acids is 2. The van der Waals surface area contributed by atoms with E-state index in [9.17, 15) is 22.8 Å². The number of benzene rings is 1. The molecule has 1 atom stereocenters. The van der Waals surface area contributed by atoms with Gasteiger partial charge in [0.25, 0.3) is 5.91 Å². The summed E-state index contributed by atoms with van der Waals surface area (Å²) in [6.07, 6.45) is -3.20. The number of amides is 1. The third-order valence-corrected chi connectivity index (χ3v) is 2.34. The first-order valence-electron chi connectivity index (χ1n) is 5.55. The van der Waals surface area contributed by atoms with Crippen LogP contribution in [0.15, 0.2) is 30.3 Å². The van der Waals surface area contributed by atoms with E-state index in [-0.39, 0.29) is 0 Å². The maximum atomic E-state index is 12.3. The first-order chi connectivity index (χ1) is 9.20. The molecule has 0 spiro atoms. The van der Waals surface area contributed by atoms with Crippen LogP contribution in [-0.4, -0.2) is 18.0 Å². The summed E-state index contributed by atoms with van der Waals surface area (Å²) >= 11 is 0. The second kappa shape index (κ2) is 6.23. The maximum absolute atomic E-state index is 12.3. The van der Waals surface area contributed by atoms with Gasteiger partial charge in [0.15, 0.2) is 6.10 Å². The van der Waals surface area contributed by atoms with E-state index in [4.69, 9.17) is 5.73 Å². The molecule has 0 bridgehead atoms. The number of hydrogen-bond donors (Lipinski definition) is 1. The molecule has 2 N–H and O–H groups in total. The van der Waals surface area contributed by atoms with Gasteiger partial charge in [0.2, 0.25) is 0 Å². The number of alkyl halides is 3. The van der Waals surface area contributed by atoms with E-state index in [2.05, 4.69) is 4.74 Å². The third kappa shape index (κ3) is 4.75. The van der Waals surface area contributed by atoms with Gasteiger partial charge in [0, 0.05) is 6.08 Å². The van der Waals surface area contributed by atoms with Crippen LogP contribution in [0.3, 0.4) is 0 Å². The molecule has 0 aliphatic rings. The van der Waals surface area contributed by atoms with E-state index in [0.717, 1.165) is 18.2 Å². The van der Waals surface area contributed by atoms with Gasteiger partial charge in [-0.05, 0) is 30.7 Å². The van der Waals surface area contributed by atoms with Crippen molar-refractivity contribution < 1.29 is 27.5 Å². The Bertz CT molecular complexity index is 521. The molecule has 0 aliphatic carbocycles. The Morgan fingerprint density at radius 1 is 1.25 bits per heavy atom. The first-order valence-corrected chi connectivity index (χ1v) is 5.55. The average Bonchev–Trinajstić information content (AvgIpc) is 2.35. The van der Waals surface area contributed by atoms with Crippen molar-refractivity contribution in [2.45, 2.75) is 19.2 Å². The van der Waals surface area contributed by atoms with Gasteiger partial charge in [-0.3, -0.25) is 4.79 Å². The van der Waals surface area contributed by atoms with Gasteiger partial charge in [-0.25, -0.2) is 4.79 Å². The summed E-state index contributed by atoms with van der Waals surface area (Å²) in [5.41, 5.74) is 4.51. The third-order valence-electron chi connectivity index (χ3n) is 2.34. The van der Waals surface area contributed by atoms with Crippen LogP contribution in [0.1, 0.15) is 18.1 Å². The van der Waals surface area contributed by atoms with Crippen LogP contribution in [0, 0.1) is 0 Å². The second-order valence-electron chi connectivity index (χ2n) is 3.93. The van der Waals surface area contributed by atoms with Crippen molar-refractivity contribution in [1.82, 2.24) is 0 Å². The number of primary amides is 1. The first kappa shape index (κ1) is 15.7. The van der Waals surface area contributed by atoms with Crippen LogP contribution in [0.2, 0.25) is 0 Å². The highest BCUT2D eigenvalue weighted by Crippen LogP contribution is 2.29. The highest BCUT2D eigenvalue weighted by Gasteiger charge is 2.29. The fourth-order valence-corrected chi connectivity index (χ4v) is 1.22. The molecule has 1 aromatic carbocycles. The van der Waals surface area contributed by atoms with Crippen molar-refractivity contribution in [2.24, 2.45) is 5.73 Å². The largest absolute Gasteiger partial charge is 0.449 e. The van der Waals surface area contributed by atoms with Crippen LogP contribution in [0.5, 0.6) is 0 Å². The lowest BCUT2D eigenvalue weighted by Crippen LogP contribution is -2.29. The molecule has 0 saturated heterocycles. The summed E-state index contributed by atoms with van der Waals surface area (Å²) < 4.78 is 41.6. The number of rotatable bonds is 4. The zero-order valence-electron chi connectivity index (χ0n) is 10.5. The molecule has 0 aromatic heterocycles. The molecule has 20 heavy (non-hydrogen) atoms. The number of carbonyl (C=O) groups is 2. The van der Waals surface area contributed by atoms with Gasteiger partial charge in [0.05, 0.1) is 5.56 Å². The molecule has 0 unspecified atom stereocenters. The Balaban J connectivity index is 2.67. The summed E-state index contributed by atoms with van der Waals surface area (Å²) in [5, 5.41) is 0. The van der Waals surface area contributed by atoms with E-state index in [1.54, 1.807) is 0 Å². The van der Waals surface area contributed by atoms with E-state index < -0.39 is 29.7 Å². The smallest absolute Gasteiger partial charge is 0.416 e. The van der Waals surface area contributed by atoms with E-state index in [1.807, 2.05) is 0 Å². The van der Waals surface area contributed by atoms with Gasteiger partial charge in [0.1, 0.15) is 0 Å². The van der Waals surface area contributed by atoms with Crippen LogP contribution in [-0.2, 0) is 20.5 Å². The van der Waals surface area contributed by atoms with Crippen molar-refractivity contribution >= 4 is 18.0 Å². The number of esters is 1. The van der Waals surface area contributed by atoms with Crippen LogP contribution in [0.25, 0.3) is 6.08 Å². The molecule has 108 valence electrons. The average molecular weight is 287 g/mol. The Labute approximate surface area is 113 Å². The monoisotopic (exact) mass is 287 g/mol. The highest BCUT2D eigenvalue weighted by molar-refractivity contribution is 5.89. The van der Waals surface area contributed by atoms with Gasteiger partial charge >= 0.3 is 12.1 Å². The minimum Gasteiger partial charge on any atom is -0.449 e. The Morgan fingerprint density at radius 2 is 1.80 bits per heavy atom. The molecule has 1 aromatic rings. The number of nitrogens with two attached hydrogens (primary N) is 1. The van der Waals surface area contributed by atoms with E-state index in [0.29, 0.717) is 5.56 Å². The highest BCUT2D eigenvalue weighted by atomic mass is 19.4. The lowest BCUT2D eigenvalue weighted by atomic mass is 10.1. The van der Waals surface area contributed by atoms with Crippen LogP contribution in [0.4, 0.5) is 13.2 Å². The van der Waals surface area contributed by atoms with E-state index in [1.165, 1.54) is 25.1 Å². The fourth-order valence-electron chi connectivity index (χ4n) is 1.22. The summed E-state index contributed by atoms with van der Waals surface area (Å²) in [6, 6.07) is 4.22. The van der Waals surface area contributed by atoms with Gasteiger partial charge in [-0.15, -0.1) is 0 Å². The predicted molar refractivity (Wildman–Crippen MR) is 65.2 cm³/mol. The lowest BCUT2D eigenvalue weighted by molar-refractivity contribution is -0.148. The van der Waals surface area contributed by atoms with Gasteiger partial charge in [-0.1, -0.05) is 12.1 Å². The second-order valence-corrected chi connectivity index (χ2v) is 3.93. The zero-order chi connectivity index (χ0) is 15.3. The van der Waals surface area contributed by atoms with Crippen molar-refractivity contribution in [3.05, 3.63) is 41.5 Å². The molecule has 4 nitrogen and oxygen atoms in total. The molecule has 0 fully saturated rings. The number of ether oxygens (including phenoxy) is 1. The molecule has 0 heterocycles. The van der Waals surface area contributed by atoms with Gasteiger partial charge in [-0.2, -0.15) is 13.2 Å². The summed E-state index contributed by atoms with van der Waals surface area (Å²) in [7, 11) is 0. The van der Waals surface area contributed by atoms with Crippen LogP contribution < -0.4 is 5.73 Å². The zero-order valence-corrected chi connectivity index (χ0v) is 10.5. The topological polar surface area (TPSA) is 69.4 Å². The van der Waals surface area contributed by atoms with Crippen molar-refractivity contribution in [2.75, 3.05) is 0 Å². The minimum atomic E-state index is -4.40. The molecule has 7 heteroatoms. The lowest BCUT2D eigenvalue weighted by Gasteiger charge is -2.07. The molecule has 0 saturated carbocycles. The summed E-state index contributed by atoms with van der Waals surface area (Å²) in [4.78, 5) is 21.9. The molecule has 0 aliphatic heterocycles. The molecule has 0 radical (unpaired) electrons. The Kier molecular flexibility index (Phi) is 4.90. The standard InChI is InChI=1S/C13H12F3NO3/c1-8(12(17)19)20-11(18)7-4-9-2-5-10(6-3-9)13(14,15)16/h2-8H,1H3,(H2,17,19)/b7-4+/t8-/m1/s1. The maximum Gasteiger partial charge on any atom is 0.416 e. The predicted octanol–water partition coefficient (Wildman–Crippen LogP) is 2.14. The van der Waals surface area contributed by atoms with Crippen molar-refractivity contribution in [3.8, 4) is 0 Å². The van der Waals surface area contributed by atoms with E-state index >= 15 is 0 Å². The Morgan fingerprint density at radius 3 is 2.25 bits per heavy atom. The van der Waals surface area contributed by atoms with Crippen molar-refractivity contribution in [3.63, 3.8) is 0 Å². The molecule has 1 amide bonds. The Hall–Kier alpha value is -2.31. The summed E-state index contributed by atoms with van der Waals surface area (Å²) in [6.45, 7) is 1.31. The molecule has 1 rings (SSSR count). The molecular formula is C13H12F3NO3. The SMILES string of the molecule is C[C@@H](OC(=O)/C=C/c1ccc(C(F)(F)F)cc1)C(N)=O. The quantitative estimate of drug-likeness (QED) is 0.681. The molecular weight excluding hydrogens is 275 g/mol. The number of halogens is 3. The minimum absolute atomic E-state index is 0.390. The number of hydrogen-bond acceptors (Lipinski definition) is 3. The van der Waals surface area contributed by atoms with Crippen LogP contribution >= 0.6 is 0 Å². The normalized spacial score (nSPS) is 13.2. The van der Waals surface area contributed by atoms with Gasteiger partial charge < -0.3 is 10.5 Å². The fraction of sp³-hybridized carbons (Fsp3) is 0.231.